The number of nitrogens with zero attached hydrogens (tertiary/aromatic N) is 2. The van der Waals surface area contributed by atoms with Gasteiger partial charge in [0.15, 0.2) is 11.9 Å². The maximum absolute atomic E-state index is 11.5. The van der Waals surface area contributed by atoms with Crippen molar-refractivity contribution < 1.29 is 58.5 Å². The molecule has 2 aromatic carbocycles. The van der Waals surface area contributed by atoms with Gasteiger partial charge >= 0.3 is 20.4 Å². The van der Waals surface area contributed by atoms with E-state index in [9.17, 15) is 19.2 Å². The van der Waals surface area contributed by atoms with Crippen LogP contribution in [0.2, 0.25) is 0 Å². The normalized spacial score (nSPS) is 11.8. The molecule has 0 saturated carbocycles. The van der Waals surface area contributed by atoms with Crippen molar-refractivity contribution in [2.45, 2.75) is 79.1 Å². The summed E-state index contributed by atoms with van der Waals surface area (Å²) >= 11 is 0. The Labute approximate surface area is 304 Å². The van der Waals surface area contributed by atoms with Crippen LogP contribution in [0.15, 0.2) is 57.5 Å². The second-order valence-electron chi connectivity index (χ2n) is 11.7. The minimum Gasteiger partial charge on any atom is -0.531 e. The Hall–Kier alpha value is -4.20. The molecule has 2 rings (SSSR count). The van der Waals surface area contributed by atoms with Gasteiger partial charge in [-0.15, -0.1) is 12.2 Å². The predicted molar refractivity (Wildman–Crippen MR) is 187 cm³/mol. The zero-order chi connectivity index (χ0) is 36.6. The molecule has 0 heterocycles. The molecule has 0 amide bonds. The third kappa shape index (κ3) is 13.7. The van der Waals surface area contributed by atoms with Crippen molar-refractivity contribution in [2.24, 2.45) is 9.98 Å². The quantitative estimate of drug-likeness (QED) is 0.0415. The van der Waals surface area contributed by atoms with Gasteiger partial charge in [0.05, 0.1) is 39.8 Å². The van der Waals surface area contributed by atoms with Gasteiger partial charge in [-0.2, -0.15) is 0 Å². The van der Waals surface area contributed by atoms with Gasteiger partial charge in [-0.25, -0.2) is 11.1 Å². The number of esters is 4. The van der Waals surface area contributed by atoms with Gasteiger partial charge in [-0.1, -0.05) is 91.8 Å². The number of ether oxygens (including phenoxy) is 4. The summed E-state index contributed by atoms with van der Waals surface area (Å²) in [5, 5.41) is 0. The Bertz CT molecular complexity index is 1380. The maximum atomic E-state index is 11.5. The monoisotopic (exact) mass is 766 g/mol. The van der Waals surface area contributed by atoms with E-state index in [1.807, 2.05) is 24.6 Å². The van der Waals surface area contributed by atoms with Crippen LogP contribution >= 0.6 is 0 Å². The zero-order valence-corrected chi connectivity index (χ0v) is 32.0. The summed E-state index contributed by atoms with van der Waals surface area (Å²) in [7, 11) is 4.09. The molecule has 49 heavy (non-hydrogen) atoms. The fourth-order valence-corrected chi connectivity index (χ4v) is 4.48. The van der Waals surface area contributed by atoms with Crippen LogP contribution in [0.5, 0.6) is 0 Å². The van der Waals surface area contributed by atoms with Crippen molar-refractivity contribution in [1.29, 1.82) is 0 Å². The third-order valence-corrected chi connectivity index (χ3v) is 7.01. The number of hydrogen-bond acceptors (Lipinski definition) is 10. The number of carbonyl (C=O) groups excluding carboxylic acids is 4. The molecule has 10 nitrogen and oxygen atoms in total. The molecule has 0 unspecified atom stereocenters. The van der Waals surface area contributed by atoms with Crippen molar-refractivity contribution in [1.82, 2.24) is 0 Å². The van der Waals surface area contributed by atoms with E-state index in [4.69, 9.17) is 9.98 Å². The maximum Gasteiger partial charge on any atom is 2.00 e. The summed E-state index contributed by atoms with van der Waals surface area (Å²) in [6.45, 7) is 17.8. The first-order valence-corrected chi connectivity index (χ1v) is 15.6. The zero-order valence-electron chi connectivity index (χ0n) is 30.4. The number of benzene rings is 2. The van der Waals surface area contributed by atoms with Crippen LogP contribution in [0.3, 0.4) is 0 Å². The topological polar surface area (TPSA) is 130 Å². The molecule has 0 bridgehead atoms. The van der Waals surface area contributed by atoms with Crippen LogP contribution in [-0.2, 0) is 58.5 Å². The summed E-state index contributed by atoms with van der Waals surface area (Å²) in [5.41, 5.74) is 6.03. The van der Waals surface area contributed by atoms with Crippen molar-refractivity contribution >= 4 is 47.7 Å². The molecule has 0 radical (unpaired) electrons. The smallest absolute Gasteiger partial charge is 0.531 e. The van der Waals surface area contributed by atoms with E-state index in [1.165, 1.54) is 22.3 Å². The van der Waals surface area contributed by atoms with Crippen molar-refractivity contribution in [3.63, 3.8) is 0 Å². The molecule has 2 aromatic rings. The van der Waals surface area contributed by atoms with Gasteiger partial charge < -0.3 is 28.5 Å². The van der Waals surface area contributed by atoms with Crippen molar-refractivity contribution in [2.75, 3.05) is 28.4 Å². The van der Waals surface area contributed by atoms with E-state index in [2.05, 4.69) is 111 Å². The Balaban J connectivity index is 0.000000977. The first-order chi connectivity index (χ1) is 22.6. The van der Waals surface area contributed by atoms with E-state index < -0.39 is 35.0 Å². The second-order valence-corrected chi connectivity index (χ2v) is 11.7. The summed E-state index contributed by atoms with van der Waals surface area (Å²) < 4.78 is 17.3. The number of rotatable bonds is 12. The van der Waals surface area contributed by atoms with Gasteiger partial charge in [0.25, 0.3) is 11.9 Å². The summed E-state index contributed by atoms with van der Waals surface area (Å²) in [6.07, 6.45) is 7.58. The molecular weight excluding hydrogens is 719 g/mol. The van der Waals surface area contributed by atoms with Crippen LogP contribution in [0.4, 0.5) is 11.4 Å². The van der Waals surface area contributed by atoms with E-state index >= 15 is 0 Å². The van der Waals surface area contributed by atoms with Gasteiger partial charge in [-0.05, 0) is 45.9 Å². The molecule has 0 aliphatic heterocycles. The fourth-order valence-electron chi connectivity index (χ4n) is 4.48. The SMILES string of the molecule is CC(C)c1cccc(C(C)C)c1N=CC=Nc1c(C(C)C)cccc1C(C)C.COC(=O)[C-]=C(C(=O)OC)C(=[C-]C(=O)OC)C(=O)OC.[Pd+2]. The summed E-state index contributed by atoms with van der Waals surface area (Å²) in [4.78, 5) is 55.1. The Morgan fingerprint density at radius 2 is 0.796 bits per heavy atom. The van der Waals surface area contributed by atoms with Crippen LogP contribution in [0.1, 0.15) is 101 Å². The molecule has 11 heteroatoms. The molecule has 0 aliphatic carbocycles. The average molecular weight is 767 g/mol. The van der Waals surface area contributed by atoms with Crippen LogP contribution < -0.4 is 0 Å². The third-order valence-electron chi connectivity index (χ3n) is 7.01. The summed E-state index contributed by atoms with van der Waals surface area (Å²) in [5.74, 6) is -2.56. The van der Waals surface area contributed by atoms with Gasteiger partial charge in [-0.3, -0.25) is 19.6 Å². The van der Waals surface area contributed by atoms with E-state index in [1.54, 1.807) is 0 Å². The Kier molecular flexibility index (Phi) is 20.5. The minimum atomic E-state index is -1.10. The van der Waals surface area contributed by atoms with Crippen LogP contribution in [0, 0.1) is 12.2 Å². The number of hydrogen-bond donors (Lipinski definition) is 0. The molecule has 0 N–H and O–H groups in total. The predicted octanol–water partition coefficient (Wildman–Crippen LogP) is 7.42. The standard InChI is InChI=1S/C26H36N2.C12H12O8.Pd/c1-17(2)21-11-9-12-22(18(3)4)25(21)27-15-16-28-26-23(19(5)6)13-10-14-24(26)20(7)8;1-17-9(13)5-7(11(15)19-3)8(12(16)20-4)6-10(14)18-2;/h9-20H,1-8H3;1-4H3;/q;-2;+2. The molecule has 0 fully saturated rings. The molecule has 0 saturated heterocycles. The van der Waals surface area contributed by atoms with Crippen molar-refractivity contribution in [3.8, 4) is 0 Å². The number of carbonyl (C=O) groups is 4. The number of para-hydroxylation sites is 2. The average Bonchev–Trinajstić information content (AvgIpc) is 3.06. The van der Waals surface area contributed by atoms with Gasteiger partial charge in [0, 0.05) is 12.4 Å². The Morgan fingerprint density at radius 1 is 0.531 bits per heavy atom. The van der Waals surface area contributed by atoms with E-state index in [-0.39, 0.29) is 20.4 Å². The molecule has 0 spiro atoms. The first-order valence-electron chi connectivity index (χ1n) is 15.6. The molecule has 0 aromatic heterocycles. The molecule has 0 atom stereocenters. The number of aliphatic imine (C=N–C) groups is 2. The summed E-state index contributed by atoms with van der Waals surface area (Å²) in [6, 6.07) is 13.0. The fraction of sp³-hybridized carbons (Fsp3) is 0.421. The molecular formula is C38H48N2O8Pd. The first kappa shape index (κ1) is 44.8. The minimum absolute atomic E-state index is 0. The van der Waals surface area contributed by atoms with E-state index in [0.29, 0.717) is 23.7 Å². The molecule has 268 valence electrons. The largest absolute Gasteiger partial charge is 2.00 e. The Morgan fingerprint density at radius 3 is 1.00 bits per heavy atom. The van der Waals surface area contributed by atoms with Crippen molar-refractivity contribution in [3.05, 3.63) is 82.0 Å². The van der Waals surface area contributed by atoms with Gasteiger partial charge in [0.1, 0.15) is 0 Å². The van der Waals surface area contributed by atoms with Crippen LogP contribution in [-0.4, -0.2) is 64.7 Å². The molecule has 0 aliphatic rings. The van der Waals surface area contributed by atoms with E-state index in [0.717, 1.165) is 39.8 Å². The second kappa shape index (κ2) is 22.4. The number of methoxy groups -OCH3 is 4. The van der Waals surface area contributed by atoms with Gasteiger partial charge in [0.2, 0.25) is 0 Å². The van der Waals surface area contributed by atoms with Crippen LogP contribution in [0.25, 0.3) is 0 Å².